The molecule has 0 aliphatic carbocycles. The summed E-state index contributed by atoms with van der Waals surface area (Å²) in [6.45, 7) is 1.30. The normalized spacial score (nSPS) is 22.2. The molecule has 0 radical (unpaired) electrons. The highest BCUT2D eigenvalue weighted by Crippen LogP contribution is 2.07. The van der Waals surface area contributed by atoms with Crippen LogP contribution in [0.5, 0.6) is 0 Å². The van der Waals surface area contributed by atoms with Crippen molar-refractivity contribution >= 4 is 5.78 Å². The van der Waals surface area contributed by atoms with Crippen molar-refractivity contribution in [3.63, 3.8) is 0 Å². The van der Waals surface area contributed by atoms with Gasteiger partial charge in [0, 0.05) is 7.05 Å². The van der Waals surface area contributed by atoms with Crippen molar-refractivity contribution in [3.8, 4) is 0 Å². The molecule has 0 N–H and O–H groups in total. The zero-order valence-electron chi connectivity index (χ0n) is 7.84. The van der Waals surface area contributed by atoms with Gasteiger partial charge in [-0.3, -0.25) is 9.48 Å². The van der Waals surface area contributed by atoms with Crippen LogP contribution >= 0.6 is 0 Å². The summed E-state index contributed by atoms with van der Waals surface area (Å²) in [6, 6.07) is 0. The van der Waals surface area contributed by atoms with E-state index in [4.69, 9.17) is 9.47 Å². The largest absolute Gasteiger partial charge is 0.376 e. The van der Waals surface area contributed by atoms with Gasteiger partial charge in [0.25, 0.3) is 0 Å². The highest BCUT2D eigenvalue weighted by atomic mass is 16.6. The summed E-state index contributed by atoms with van der Waals surface area (Å²) in [7, 11) is 1.71. The average molecular weight is 197 g/mol. The minimum Gasteiger partial charge on any atom is -0.376 e. The van der Waals surface area contributed by atoms with Crippen LogP contribution in [0.1, 0.15) is 10.5 Å². The molecule has 0 bridgehead atoms. The zero-order chi connectivity index (χ0) is 9.97. The molecule has 1 aromatic rings. The van der Waals surface area contributed by atoms with Crippen LogP contribution in [0.15, 0.2) is 6.20 Å². The van der Waals surface area contributed by atoms with E-state index < -0.39 is 6.10 Å². The molecule has 1 atom stereocenters. The fourth-order valence-corrected chi connectivity index (χ4v) is 1.26. The fraction of sp³-hybridized carbons (Fsp3) is 0.625. The minimum absolute atomic E-state index is 0.169. The minimum atomic E-state index is -0.527. The molecule has 6 heteroatoms. The highest BCUT2D eigenvalue weighted by Gasteiger charge is 2.25. The molecular formula is C8H11N3O3. The summed E-state index contributed by atoms with van der Waals surface area (Å²) in [4.78, 5) is 11.7. The molecule has 6 nitrogen and oxygen atoms in total. The molecule has 14 heavy (non-hydrogen) atoms. The number of aromatic nitrogens is 3. The average Bonchev–Trinajstić information content (AvgIpc) is 2.65. The van der Waals surface area contributed by atoms with Gasteiger partial charge in [-0.15, -0.1) is 5.10 Å². The monoisotopic (exact) mass is 197 g/mol. The summed E-state index contributed by atoms with van der Waals surface area (Å²) in [5.41, 5.74) is 0.322. The van der Waals surface area contributed by atoms with E-state index >= 15 is 0 Å². The van der Waals surface area contributed by atoms with Crippen molar-refractivity contribution in [1.82, 2.24) is 15.0 Å². The van der Waals surface area contributed by atoms with Crippen LogP contribution in [0.3, 0.4) is 0 Å². The Morgan fingerprint density at radius 3 is 3.07 bits per heavy atom. The van der Waals surface area contributed by atoms with Gasteiger partial charge < -0.3 is 9.47 Å². The standard InChI is InChI=1S/C8H11N3O3/c1-11-4-6(9-10-11)8(12)7-5-13-2-3-14-7/h4,7H,2-3,5H2,1H3. The lowest BCUT2D eigenvalue weighted by atomic mass is 10.2. The Kier molecular flexibility index (Phi) is 2.55. The Hall–Kier alpha value is -1.27. The molecule has 1 aromatic heterocycles. The summed E-state index contributed by atoms with van der Waals surface area (Å²) >= 11 is 0. The number of ether oxygens (including phenoxy) is 2. The Morgan fingerprint density at radius 2 is 2.50 bits per heavy atom. The molecule has 0 aromatic carbocycles. The molecule has 2 rings (SSSR count). The third kappa shape index (κ3) is 1.80. The van der Waals surface area contributed by atoms with Gasteiger partial charge in [0.15, 0.2) is 5.69 Å². The van der Waals surface area contributed by atoms with E-state index in [1.165, 1.54) is 4.68 Å². The summed E-state index contributed by atoms with van der Waals surface area (Å²) < 4.78 is 11.9. The van der Waals surface area contributed by atoms with Gasteiger partial charge in [0.1, 0.15) is 6.10 Å². The second-order valence-corrected chi connectivity index (χ2v) is 3.08. The predicted octanol–water partition coefficient (Wildman–Crippen LogP) is -0.587. The Labute approximate surface area is 80.8 Å². The topological polar surface area (TPSA) is 66.2 Å². The number of carbonyl (C=O) groups excluding carboxylic acids is 1. The van der Waals surface area contributed by atoms with Crippen molar-refractivity contribution in [2.75, 3.05) is 19.8 Å². The predicted molar refractivity (Wildman–Crippen MR) is 45.9 cm³/mol. The fourth-order valence-electron chi connectivity index (χ4n) is 1.26. The lowest BCUT2D eigenvalue weighted by Crippen LogP contribution is -2.35. The van der Waals surface area contributed by atoms with Gasteiger partial charge in [-0.25, -0.2) is 0 Å². The van der Waals surface area contributed by atoms with Gasteiger partial charge in [-0.05, 0) is 0 Å². The van der Waals surface area contributed by atoms with Crippen molar-refractivity contribution in [3.05, 3.63) is 11.9 Å². The second-order valence-electron chi connectivity index (χ2n) is 3.08. The van der Waals surface area contributed by atoms with Crippen molar-refractivity contribution in [2.45, 2.75) is 6.10 Å². The molecule has 0 amide bonds. The molecule has 1 aliphatic rings. The quantitative estimate of drug-likeness (QED) is 0.593. The molecule has 0 spiro atoms. The molecule has 1 fully saturated rings. The third-order valence-electron chi connectivity index (χ3n) is 1.96. The van der Waals surface area contributed by atoms with E-state index in [0.717, 1.165) is 0 Å². The van der Waals surface area contributed by atoms with Gasteiger partial charge in [-0.1, -0.05) is 5.21 Å². The van der Waals surface area contributed by atoms with E-state index in [1.807, 2.05) is 0 Å². The number of nitrogens with zero attached hydrogens (tertiary/aromatic N) is 3. The van der Waals surface area contributed by atoms with Crippen LogP contribution in [0.25, 0.3) is 0 Å². The SMILES string of the molecule is Cn1cc(C(=O)C2COCCO2)nn1. The molecule has 1 unspecified atom stereocenters. The molecule has 2 heterocycles. The van der Waals surface area contributed by atoms with E-state index in [-0.39, 0.29) is 5.78 Å². The Bertz CT molecular complexity index is 330. The summed E-state index contributed by atoms with van der Waals surface area (Å²) in [6.07, 6.45) is 1.04. The number of ketones is 1. The van der Waals surface area contributed by atoms with Gasteiger partial charge in [0.2, 0.25) is 5.78 Å². The number of hydrogen-bond acceptors (Lipinski definition) is 5. The maximum Gasteiger partial charge on any atom is 0.215 e. The second kappa shape index (κ2) is 3.85. The lowest BCUT2D eigenvalue weighted by Gasteiger charge is -2.20. The number of carbonyl (C=O) groups is 1. The van der Waals surface area contributed by atoms with Gasteiger partial charge >= 0.3 is 0 Å². The lowest BCUT2D eigenvalue weighted by molar-refractivity contribution is -0.0720. The Balaban J connectivity index is 2.07. The van der Waals surface area contributed by atoms with E-state index in [2.05, 4.69) is 10.3 Å². The first-order valence-corrected chi connectivity index (χ1v) is 4.37. The van der Waals surface area contributed by atoms with Crippen LogP contribution in [0.2, 0.25) is 0 Å². The number of hydrogen-bond donors (Lipinski definition) is 0. The molecule has 76 valence electrons. The maximum atomic E-state index is 11.7. The maximum absolute atomic E-state index is 11.7. The summed E-state index contributed by atoms with van der Waals surface area (Å²) in [5, 5.41) is 7.40. The van der Waals surface area contributed by atoms with Gasteiger partial charge in [-0.2, -0.15) is 0 Å². The number of Topliss-reactive ketones (excluding diaryl/α,β-unsaturated/α-hetero) is 1. The van der Waals surface area contributed by atoms with Crippen molar-refractivity contribution < 1.29 is 14.3 Å². The van der Waals surface area contributed by atoms with Crippen LogP contribution in [-0.2, 0) is 16.5 Å². The first kappa shape index (κ1) is 9.29. The van der Waals surface area contributed by atoms with E-state index in [0.29, 0.717) is 25.5 Å². The number of aryl methyl sites for hydroxylation is 1. The van der Waals surface area contributed by atoms with Gasteiger partial charge in [0.05, 0.1) is 26.0 Å². The highest BCUT2D eigenvalue weighted by molar-refractivity contribution is 5.97. The van der Waals surface area contributed by atoms with Crippen molar-refractivity contribution in [2.24, 2.45) is 7.05 Å². The van der Waals surface area contributed by atoms with E-state index in [1.54, 1.807) is 13.2 Å². The first-order valence-electron chi connectivity index (χ1n) is 4.37. The van der Waals surface area contributed by atoms with E-state index in [9.17, 15) is 4.79 Å². The number of rotatable bonds is 2. The van der Waals surface area contributed by atoms with Crippen LogP contribution < -0.4 is 0 Å². The smallest absolute Gasteiger partial charge is 0.215 e. The van der Waals surface area contributed by atoms with Crippen LogP contribution in [-0.4, -0.2) is 46.7 Å². The van der Waals surface area contributed by atoms with Crippen LogP contribution in [0.4, 0.5) is 0 Å². The molecular weight excluding hydrogens is 186 g/mol. The molecule has 1 saturated heterocycles. The third-order valence-corrected chi connectivity index (χ3v) is 1.96. The molecule has 1 aliphatic heterocycles. The first-order chi connectivity index (χ1) is 6.77. The summed E-state index contributed by atoms with van der Waals surface area (Å²) in [5.74, 6) is -0.169. The van der Waals surface area contributed by atoms with Crippen LogP contribution in [0, 0.1) is 0 Å². The zero-order valence-corrected chi connectivity index (χ0v) is 7.84. The molecule has 0 saturated carbocycles. The van der Waals surface area contributed by atoms with Crippen molar-refractivity contribution in [1.29, 1.82) is 0 Å². The Morgan fingerprint density at radius 1 is 1.64 bits per heavy atom.